The molecule has 0 aliphatic heterocycles. The van der Waals surface area contributed by atoms with Gasteiger partial charge in [0.2, 0.25) is 11.9 Å². The molecule has 158 valence electrons. The van der Waals surface area contributed by atoms with E-state index in [-0.39, 0.29) is 12.0 Å². The van der Waals surface area contributed by atoms with Crippen LogP contribution in [0.15, 0.2) is 36.4 Å². The molecule has 0 saturated heterocycles. The topological polar surface area (TPSA) is 44.8 Å². The zero-order valence-electron chi connectivity index (χ0n) is 15.7. The molecule has 2 rings (SSSR count). The van der Waals surface area contributed by atoms with Crippen LogP contribution >= 0.6 is 0 Å². The summed E-state index contributed by atoms with van der Waals surface area (Å²) in [4.78, 5) is 11.6. The first-order valence-electron chi connectivity index (χ1n) is 8.83. The molecule has 0 fully saturated rings. The van der Waals surface area contributed by atoms with Gasteiger partial charge in [0.15, 0.2) is 11.6 Å². The van der Waals surface area contributed by atoms with Gasteiger partial charge in [0.25, 0.3) is 0 Å². The third-order valence-corrected chi connectivity index (χ3v) is 3.87. The van der Waals surface area contributed by atoms with Crippen LogP contribution in [0.1, 0.15) is 26.7 Å². The van der Waals surface area contributed by atoms with Crippen LogP contribution in [0.2, 0.25) is 0 Å². The first kappa shape index (κ1) is 22.4. The Morgan fingerprint density at radius 2 is 1.66 bits per heavy atom. The second kappa shape index (κ2) is 9.58. The molecule has 0 saturated carbocycles. The number of carbonyl (C=O) groups excluding carboxylic acids is 1. The third-order valence-electron chi connectivity index (χ3n) is 3.87. The number of rotatable bonds is 7. The van der Waals surface area contributed by atoms with Gasteiger partial charge >= 0.3 is 12.3 Å². The smallest absolute Gasteiger partial charge is 0.494 e. The van der Waals surface area contributed by atoms with Gasteiger partial charge < -0.3 is 14.2 Å². The Morgan fingerprint density at radius 1 is 1.00 bits per heavy atom. The Kier molecular flexibility index (Phi) is 7.41. The predicted octanol–water partition coefficient (Wildman–Crippen LogP) is 6.28. The Labute approximate surface area is 164 Å². The summed E-state index contributed by atoms with van der Waals surface area (Å²) in [5, 5.41) is 0. The normalized spacial score (nSPS) is 12.4. The van der Waals surface area contributed by atoms with Crippen molar-refractivity contribution in [3.8, 4) is 22.6 Å². The quantitative estimate of drug-likeness (QED) is 0.302. The number of halogens is 5. The standard InChI is InChI=1S/C20H19F5O4/c1-3-5-16(20(23,24)25)29-19(26)28-15-11-10-14(17(21)18(15)22)12-6-8-13(9-7-12)27-4-2/h6-11,16H,3-5H2,1-2H3. The maximum Gasteiger partial charge on any atom is 0.514 e. The third kappa shape index (κ3) is 5.82. The first-order valence-corrected chi connectivity index (χ1v) is 8.83. The van der Waals surface area contributed by atoms with Crippen molar-refractivity contribution < 1.29 is 41.0 Å². The molecular formula is C20H19F5O4. The molecule has 4 nitrogen and oxygen atoms in total. The maximum atomic E-state index is 14.4. The fraction of sp³-hybridized carbons (Fsp3) is 0.350. The second-order valence-corrected chi connectivity index (χ2v) is 5.99. The summed E-state index contributed by atoms with van der Waals surface area (Å²) < 4.78 is 81.0. The molecule has 1 atom stereocenters. The highest BCUT2D eigenvalue weighted by Crippen LogP contribution is 2.32. The highest BCUT2D eigenvalue weighted by Gasteiger charge is 2.42. The van der Waals surface area contributed by atoms with E-state index in [1.165, 1.54) is 19.1 Å². The Hall–Kier alpha value is -2.84. The average Bonchev–Trinajstić information content (AvgIpc) is 2.66. The van der Waals surface area contributed by atoms with Crippen molar-refractivity contribution in [2.75, 3.05) is 6.61 Å². The molecule has 0 aliphatic rings. The fourth-order valence-electron chi connectivity index (χ4n) is 2.51. The Bertz CT molecular complexity index is 834. The Morgan fingerprint density at radius 3 is 2.21 bits per heavy atom. The molecule has 0 heterocycles. The van der Waals surface area contributed by atoms with Crippen molar-refractivity contribution in [2.45, 2.75) is 39.0 Å². The van der Waals surface area contributed by atoms with Gasteiger partial charge in [-0.3, -0.25) is 0 Å². The van der Waals surface area contributed by atoms with Gasteiger partial charge in [-0.15, -0.1) is 0 Å². The molecule has 2 aromatic carbocycles. The number of hydrogen-bond acceptors (Lipinski definition) is 4. The van der Waals surface area contributed by atoms with Crippen LogP contribution in [0.5, 0.6) is 11.5 Å². The van der Waals surface area contributed by atoms with Gasteiger partial charge in [0, 0.05) is 5.56 Å². The average molecular weight is 418 g/mol. The van der Waals surface area contributed by atoms with Crippen molar-refractivity contribution in [1.29, 1.82) is 0 Å². The van der Waals surface area contributed by atoms with Crippen molar-refractivity contribution in [3.63, 3.8) is 0 Å². The summed E-state index contributed by atoms with van der Waals surface area (Å²) in [5.41, 5.74) is 0.212. The molecule has 29 heavy (non-hydrogen) atoms. The van der Waals surface area contributed by atoms with E-state index in [1.807, 2.05) is 0 Å². The number of ether oxygens (including phenoxy) is 3. The molecule has 2 aromatic rings. The van der Waals surface area contributed by atoms with Crippen LogP contribution in [0, 0.1) is 11.6 Å². The van der Waals surface area contributed by atoms with Crippen LogP contribution in [-0.4, -0.2) is 25.0 Å². The van der Waals surface area contributed by atoms with Gasteiger partial charge in [-0.2, -0.15) is 17.6 Å². The van der Waals surface area contributed by atoms with Gasteiger partial charge in [0.05, 0.1) is 6.61 Å². The molecule has 0 bridgehead atoms. The fourth-order valence-corrected chi connectivity index (χ4v) is 2.51. The first-order chi connectivity index (χ1) is 13.7. The minimum Gasteiger partial charge on any atom is -0.494 e. The minimum atomic E-state index is -4.80. The number of benzene rings is 2. The van der Waals surface area contributed by atoms with Crippen LogP contribution < -0.4 is 9.47 Å². The molecule has 0 spiro atoms. The van der Waals surface area contributed by atoms with Crippen molar-refractivity contribution in [3.05, 3.63) is 48.0 Å². The van der Waals surface area contributed by atoms with E-state index >= 15 is 0 Å². The summed E-state index contributed by atoms with van der Waals surface area (Å²) in [6.07, 6.45) is -9.34. The molecule has 9 heteroatoms. The summed E-state index contributed by atoms with van der Waals surface area (Å²) in [6, 6.07) is 8.25. The van der Waals surface area contributed by atoms with E-state index in [0.717, 1.165) is 12.1 Å². The van der Waals surface area contributed by atoms with Gasteiger partial charge in [-0.1, -0.05) is 25.5 Å². The lowest BCUT2D eigenvalue weighted by Crippen LogP contribution is -2.34. The van der Waals surface area contributed by atoms with Gasteiger partial charge in [-0.05, 0) is 43.2 Å². The number of alkyl halides is 3. The van der Waals surface area contributed by atoms with Crippen molar-refractivity contribution in [2.24, 2.45) is 0 Å². The molecule has 0 aliphatic carbocycles. The lowest BCUT2D eigenvalue weighted by Gasteiger charge is -2.19. The number of carbonyl (C=O) groups is 1. The summed E-state index contributed by atoms with van der Waals surface area (Å²) in [5.74, 6) is -3.17. The predicted molar refractivity (Wildman–Crippen MR) is 94.8 cm³/mol. The summed E-state index contributed by atoms with van der Waals surface area (Å²) in [6.45, 7) is 3.71. The highest BCUT2D eigenvalue weighted by atomic mass is 19.4. The van der Waals surface area contributed by atoms with Gasteiger partial charge in [-0.25, -0.2) is 9.18 Å². The van der Waals surface area contributed by atoms with Crippen LogP contribution in [0.25, 0.3) is 11.1 Å². The molecule has 0 radical (unpaired) electrons. The van der Waals surface area contributed by atoms with E-state index < -0.39 is 42.2 Å². The van der Waals surface area contributed by atoms with Crippen LogP contribution in [-0.2, 0) is 4.74 Å². The molecule has 0 aromatic heterocycles. The molecule has 0 N–H and O–H groups in total. The highest BCUT2D eigenvalue weighted by molar-refractivity contribution is 5.68. The lowest BCUT2D eigenvalue weighted by atomic mass is 10.0. The summed E-state index contributed by atoms with van der Waals surface area (Å²) in [7, 11) is 0. The second-order valence-electron chi connectivity index (χ2n) is 5.99. The van der Waals surface area contributed by atoms with E-state index in [1.54, 1.807) is 19.1 Å². The van der Waals surface area contributed by atoms with Crippen LogP contribution in [0.4, 0.5) is 26.7 Å². The SMILES string of the molecule is CCCC(OC(=O)Oc1ccc(-c2ccc(OCC)cc2)c(F)c1F)C(F)(F)F. The van der Waals surface area contributed by atoms with E-state index in [4.69, 9.17) is 4.74 Å². The maximum absolute atomic E-state index is 14.4. The summed E-state index contributed by atoms with van der Waals surface area (Å²) >= 11 is 0. The number of hydrogen-bond donors (Lipinski definition) is 0. The molecule has 1 unspecified atom stereocenters. The zero-order chi connectivity index (χ0) is 21.6. The minimum absolute atomic E-state index is 0.0945. The zero-order valence-corrected chi connectivity index (χ0v) is 15.7. The lowest BCUT2D eigenvalue weighted by molar-refractivity contribution is -0.208. The van der Waals surface area contributed by atoms with Crippen LogP contribution in [0.3, 0.4) is 0 Å². The van der Waals surface area contributed by atoms with E-state index in [2.05, 4.69) is 9.47 Å². The monoisotopic (exact) mass is 418 g/mol. The van der Waals surface area contributed by atoms with E-state index in [9.17, 15) is 26.7 Å². The molecular weight excluding hydrogens is 399 g/mol. The van der Waals surface area contributed by atoms with Gasteiger partial charge in [0.1, 0.15) is 5.75 Å². The Balaban J connectivity index is 2.17. The van der Waals surface area contributed by atoms with Crippen molar-refractivity contribution >= 4 is 6.16 Å². The van der Waals surface area contributed by atoms with E-state index in [0.29, 0.717) is 17.9 Å². The van der Waals surface area contributed by atoms with Crippen molar-refractivity contribution in [1.82, 2.24) is 0 Å². The molecule has 0 amide bonds. The largest absolute Gasteiger partial charge is 0.514 e.